The molecule has 3 aromatic heterocycles. The molecule has 6 nitrogen and oxygen atoms in total. The van der Waals surface area contributed by atoms with Crippen LogP contribution in [0.2, 0.25) is 0 Å². The zero-order valence-corrected chi connectivity index (χ0v) is 14.4. The van der Waals surface area contributed by atoms with E-state index in [1.165, 1.54) is 0 Å². The molecule has 1 N–H and O–H groups in total. The summed E-state index contributed by atoms with van der Waals surface area (Å²) in [5, 5.41) is 15.6. The first-order valence-corrected chi connectivity index (χ1v) is 9.01. The summed E-state index contributed by atoms with van der Waals surface area (Å²) >= 11 is 3.26. The van der Waals surface area contributed by atoms with E-state index in [-0.39, 0.29) is 5.91 Å². The van der Waals surface area contributed by atoms with Gasteiger partial charge < -0.3 is 4.90 Å². The summed E-state index contributed by atoms with van der Waals surface area (Å²) in [5.74, 6) is -0.0643. The van der Waals surface area contributed by atoms with Gasteiger partial charge >= 0.3 is 0 Å². The highest BCUT2D eigenvalue weighted by molar-refractivity contribution is 7.20. The van der Waals surface area contributed by atoms with Gasteiger partial charge in [0.2, 0.25) is 0 Å². The van der Waals surface area contributed by atoms with E-state index in [0.717, 1.165) is 21.1 Å². The average molecular weight is 355 g/mol. The van der Waals surface area contributed by atoms with Gasteiger partial charge in [0.1, 0.15) is 16.0 Å². The number of H-pyrrole nitrogens is 1. The van der Waals surface area contributed by atoms with Crippen LogP contribution in [0.4, 0.5) is 0 Å². The van der Waals surface area contributed by atoms with Crippen LogP contribution in [0.15, 0.2) is 41.1 Å². The maximum Gasteiger partial charge on any atom is 0.254 e. The monoisotopic (exact) mass is 355 g/mol. The molecular weight excluding hydrogens is 342 g/mol. The molecule has 120 valence electrons. The molecule has 0 spiro atoms. The molecule has 0 aliphatic carbocycles. The molecular formula is C16H13N5OS2. The van der Waals surface area contributed by atoms with Crippen molar-refractivity contribution < 1.29 is 4.79 Å². The summed E-state index contributed by atoms with van der Waals surface area (Å²) in [6, 6.07) is 9.36. The number of aromatic nitrogens is 4. The van der Waals surface area contributed by atoms with Crippen molar-refractivity contribution in [2.45, 2.75) is 6.54 Å². The van der Waals surface area contributed by atoms with Crippen molar-refractivity contribution in [3.05, 3.63) is 52.3 Å². The van der Waals surface area contributed by atoms with Crippen molar-refractivity contribution in [1.29, 1.82) is 0 Å². The Labute approximate surface area is 145 Å². The summed E-state index contributed by atoms with van der Waals surface area (Å²) in [7, 11) is 1.78. The van der Waals surface area contributed by atoms with E-state index in [2.05, 4.69) is 26.5 Å². The standard InChI is InChI=1S/C16H13N5OS2/c1-21(8-11-9-24-15(17-11)14-3-2-6-23-14)16(22)10-4-5-12-13(7-10)19-20-18-12/h2-7,9H,8H2,1H3,(H,18,19,20). The van der Waals surface area contributed by atoms with Crippen LogP contribution in [0.1, 0.15) is 16.1 Å². The maximum absolute atomic E-state index is 12.6. The Balaban J connectivity index is 1.51. The highest BCUT2D eigenvalue weighted by Crippen LogP contribution is 2.28. The molecule has 1 amide bonds. The number of rotatable bonds is 4. The molecule has 0 unspecified atom stereocenters. The highest BCUT2D eigenvalue weighted by Gasteiger charge is 2.15. The minimum absolute atomic E-state index is 0.0643. The molecule has 0 aliphatic heterocycles. The third-order valence-corrected chi connectivity index (χ3v) is 5.52. The summed E-state index contributed by atoms with van der Waals surface area (Å²) in [5.41, 5.74) is 2.91. The van der Waals surface area contributed by atoms with Gasteiger partial charge in [-0.05, 0) is 29.6 Å². The van der Waals surface area contributed by atoms with Gasteiger partial charge in [0, 0.05) is 18.0 Å². The Kier molecular flexibility index (Phi) is 3.83. The zero-order chi connectivity index (χ0) is 16.5. The number of carbonyl (C=O) groups is 1. The number of hydrogen-bond acceptors (Lipinski definition) is 6. The van der Waals surface area contributed by atoms with Crippen LogP contribution in [0.25, 0.3) is 20.9 Å². The van der Waals surface area contributed by atoms with E-state index in [9.17, 15) is 4.79 Å². The quantitative estimate of drug-likeness (QED) is 0.609. The average Bonchev–Trinajstić information content (AvgIpc) is 3.33. The molecule has 0 fully saturated rings. The molecule has 1 aromatic carbocycles. The first-order chi connectivity index (χ1) is 11.7. The lowest BCUT2D eigenvalue weighted by Gasteiger charge is -2.15. The predicted octanol–water partition coefficient (Wildman–Crippen LogP) is 3.42. The van der Waals surface area contributed by atoms with Crippen LogP contribution in [0, 0.1) is 0 Å². The van der Waals surface area contributed by atoms with E-state index in [0.29, 0.717) is 17.6 Å². The number of hydrogen-bond donors (Lipinski definition) is 1. The van der Waals surface area contributed by atoms with Gasteiger partial charge in [-0.1, -0.05) is 6.07 Å². The lowest BCUT2D eigenvalue weighted by Crippen LogP contribution is -2.26. The second-order valence-corrected chi connectivity index (χ2v) is 7.12. The second-order valence-electron chi connectivity index (χ2n) is 5.31. The molecule has 0 bridgehead atoms. The molecule has 8 heteroatoms. The number of nitrogens with zero attached hydrogens (tertiary/aromatic N) is 4. The molecule has 4 aromatic rings. The maximum atomic E-state index is 12.6. The van der Waals surface area contributed by atoms with Crippen molar-refractivity contribution in [3.8, 4) is 9.88 Å². The molecule has 0 saturated heterocycles. The van der Waals surface area contributed by atoms with E-state index in [4.69, 9.17) is 0 Å². The highest BCUT2D eigenvalue weighted by atomic mass is 32.1. The van der Waals surface area contributed by atoms with Gasteiger partial charge in [-0.2, -0.15) is 15.4 Å². The molecule has 0 saturated carbocycles. The van der Waals surface area contributed by atoms with Gasteiger partial charge in [-0.25, -0.2) is 4.98 Å². The Bertz CT molecular complexity index is 989. The zero-order valence-electron chi connectivity index (χ0n) is 12.8. The molecule has 24 heavy (non-hydrogen) atoms. The Morgan fingerprint density at radius 3 is 2.92 bits per heavy atom. The van der Waals surface area contributed by atoms with Gasteiger partial charge in [0.15, 0.2) is 0 Å². The van der Waals surface area contributed by atoms with Crippen LogP contribution in [-0.4, -0.2) is 38.2 Å². The van der Waals surface area contributed by atoms with Gasteiger partial charge in [-0.15, -0.1) is 22.7 Å². The fraction of sp³-hybridized carbons (Fsp3) is 0.125. The fourth-order valence-electron chi connectivity index (χ4n) is 2.40. The number of thiophene rings is 1. The summed E-state index contributed by atoms with van der Waals surface area (Å²) < 4.78 is 0. The Hall–Kier alpha value is -2.58. The van der Waals surface area contributed by atoms with Gasteiger partial charge in [0.25, 0.3) is 5.91 Å². The molecule has 3 heterocycles. The van der Waals surface area contributed by atoms with Crippen LogP contribution in [-0.2, 0) is 6.54 Å². The largest absolute Gasteiger partial charge is 0.336 e. The predicted molar refractivity (Wildman–Crippen MR) is 95.1 cm³/mol. The third-order valence-electron chi connectivity index (χ3n) is 3.59. The molecule has 0 radical (unpaired) electrons. The number of thiazole rings is 1. The summed E-state index contributed by atoms with van der Waals surface area (Å²) in [4.78, 5) is 20.0. The molecule has 0 atom stereocenters. The van der Waals surface area contributed by atoms with Crippen molar-refractivity contribution in [2.24, 2.45) is 0 Å². The second kappa shape index (κ2) is 6.14. The van der Waals surface area contributed by atoms with E-state index >= 15 is 0 Å². The van der Waals surface area contributed by atoms with Crippen LogP contribution in [0.5, 0.6) is 0 Å². The molecule has 4 rings (SSSR count). The number of carbonyl (C=O) groups excluding carboxylic acids is 1. The van der Waals surface area contributed by atoms with Crippen LogP contribution >= 0.6 is 22.7 Å². The van der Waals surface area contributed by atoms with Gasteiger partial charge in [-0.3, -0.25) is 4.79 Å². The smallest absolute Gasteiger partial charge is 0.254 e. The minimum atomic E-state index is -0.0643. The number of aromatic amines is 1. The summed E-state index contributed by atoms with van der Waals surface area (Å²) in [6.45, 7) is 0.470. The lowest BCUT2D eigenvalue weighted by atomic mass is 10.2. The summed E-state index contributed by atoms with van der Waals surface area (Å²) in [6.07, 6.45) is 0. The Morgan fingerprint density at radius 2 is 2.08 bits per heavy atom. The van der Waals surface area contributed by atoms with Gasteiger partial charge in [0.05, 0.1) is 17.1 Å². The normalized spacial score (nSPS) is 11.0. The number of benzene rings is 1. The number of fused-ring (bicyclic) bond motifs is 1. The van der Waals surface area contributed by atoms with Crippen molar-refractivity contribution >= 4 is 39.6 Å². The van der Waals surface area contributed by atoms with Crippen LogP contribution < -0.4 is 0 Å². The topological polar surface area (TPSA) is 74.8 Å². The number of amides is 1. The Morgan fingerprint density at radius 1 is 1.21 bits per heavy atom. The van der Waals surface area contributed by atoms with E-state index < -0.39 is 0 Å². The van der Waals surface area contributed by atoms with Crippen molar-refractivity contribution in [2.75, 3.05) is 7.05 Å². The fourth-order valence-corrected chi connectivity index (χ4v) is 4.03. The number of nitrogens with one attached hydrogen (secondary N) is 1. The van der Waals surface area contributed by atoms with Crippen molar-refractivity contribution in [3.63, 3.8) is 0 Å². The molecule has 0 aliphatic rings. The SMILES string of the molecule is CN(Cc1csc(-c2cccs2)n1)C(=O)c1ccc2n[nH]nc2c1. The van der Waals surface area contributed by atoms with Crippen molar-refractivity contribution in [1.82, 2.24) is 25.3 Å². The first kappa shape index (κ1) is 15.0. The first-order valence-electron chi connectivity index (χ1n) is 7.25. The minimum Gasteiger partial charge on any atom is -0.336 e. The van der Waals surface area contributed by atoms with E-state index in [1.54, 1.807) is 52.8 Å². The third kappa shape index (κ3) is 2.81. The lowest BCUT2D eigenvalue weighted by molar-refractivity contribution is 0.0784. The van der Waals surface area contributed by atoms with Crippen LogP contribution in [0.3, 0.4) is 0 Å². The van der Waals surface area contributed by atoms with E-state index in [1.807, 2.05) is 16.8 Å².